The number of ketones is 1. The Labute approximate surface area is 186 Å². The molecule has 10 atom stereocenters. The van der Waals surface area contributed by atoms with E-state index >= 15 is 0 Å². The van der Waals surface area contributed by atoms with Crippen LogP contribution in [0.3, 0.4) is 0 Å². The van der Waals surface area contributed by atoms with E-state index in [-0.39, 0.29) is 29.1 Å². The van der Waals surface area contributed by atoms with Crippen molar-refractivity contribution in [1.82, 2.24) is 5.32 Å². The molecule has 2 saturated heterocycles. The van der Waals surface area contributed by atoms with Crippen LogP contribution >= 0.6 is 0 Å². The Hall–Kier alpha value is -0.970. The average Bonchev–Trinajstić information content (AvgIpc) is 3.18. The topological polar surface area (TPSA) is 58.6 Å². The van der Waals surface area contributed by atoms with Crippen LogP contribution in [0.2, 0.25) is 0 Å². The molecule has 0 bridgehead atoms. The van der Waals surface area contributed by atoms with Gasteiger partial charge in [-0.2, -0.15) is 0 Å². The highest BCUT2D eigenvalue weighted by molar-refractivity contribution is 6.02. The second kappa shape index (κ2) is 6.77. The minimum absolute atomic E-state index is 0.0653. The number of allylic oxidation sites excluding steroid dienone is 2. The van der Waals surface area contributed by atoms with Crippen LogP contribution in [0.25, 0.3) is 0 Å². The van der Waals surface area contributed by atoms with E-state index in [0.29, 0.717) is 35.5 Å². The number of hydrogen-bond acceptors (Lipinski definition) is 4. The lowest BCUT2D eigenvalue weighted by Gasteiger charge is -2.48. The number of carbonyl (C=O) groups is 1. The van der Waals surface area contributed by atoms with Crippen molar-refractivity contribution in [3.63, 3.8) is 0 Å². The summed E-state index contributed by atoms with van der Waals surface area (Å²) in [5, 5.41) is 14.0. The molecule has 0 radical (unpaired) electrons. The van der Waals surface area contributed by atoms with Gasteiger partial charge in [-0.3, -0.25) is 4.79 Å². The maximum Gasteiger partial charge on any atom is 0.163 e. The molecule has 0 aromatic heterocycles. The predicted molar refractivity (Wildman–Crippen MR) is 120 cm³/mol. The highest BCUT2D eigenvalue weighted by atomic mass is 16.5. The van der Waals surface area contributed by atoms with Crippen molar-refractivity contribution in [2.75, 3.05) is 6.54 Å². The molecule has 6 rings (SSSR count). The van der Waals surface area contributed by atoms with Gasteiger partial charge in [-0.1, -0.05) is 32.4 Å². The van der Waals surface area contributed by atoms with E-state index in [1.54, 1.807) is 0 Å². The van der Waals surface area contributed by atoms with Crippen LogP contribution in [0.4, 0.5) is 0 Å². The minimum Gasteiger partial charge on any atom is -0.393 e. The van der Waals surface area contributed by atoms with Gasteiger partial charge in [0.2, 0.25) is 0 Å². The Kier molecular flexibility index (Phi) is 4.51. The molecule has 4 heteroatoms. The number of carbonyl (C=O) groups excluding carboxylic acids is 1. The fraction of sp³-hybridized carbons (Fsp3) is 0.815. The average molecular weight is 426 g/mol. The third kappa shape index (κ3) is 2.62. The number of aliphatic hydroxyl groups excluding tert-OH is 1. The molecule has 4 fully saturated rings. The number of aliphatic hydroxyl groups is 1. The van der Waals surface area contributed by atoms with Crippen LogP contribution in [0.15, 0.2) is 22.8 Å². The zero-order valence-corrected chi connectivity index (χ0v) is 19.6. The van der Waals surface area contributed by atoms with Gasteiger partial charge in [0.25, 0.3) is 0 Å². The molecular formula is C27H39NO3. The molecule has 2 N–H and O–H groups in total. The molecule has 4 aliphatic carbocycles. The Balaban J connectivity index is 1.39. The number of hydrogen-bond donors (Lipinski definition) is 2. The smallest absolute Gasteiger partial charge is 0.163 e. The number of nitrogens with one attached hydrogen (secondary N) is 1. The first-order chi connectivity index (χ1) is 14.8. The summed E-state index contributed by atoms with van der Waals surface area (Å²) in [4.78, 5) is 14.1. The van der Waals surface area contributed by atoms with Gasteiger partial charge in [-0.15, -0.1) is 0 Å². The SMILES string of the molecule is CC1=C2C(=O)[C@H]3[C@@H](CC=C4C[C@H](O)CC[C@@]43C)[C@@H]2CC[C@@]12O[C@@H]1C[C@H](C)CN[C@H]1[C@@H]2C. The van der Waals surface area contributed by atoms with Crippen LogP contribution in [-0.2, 0) is 9.53 Å². The molecule has 0 aromatic rings. The summed E-state index contributed by atoms with van der Waals surface area (Å²) in [7, 11) is 0. The second-order valence-corrected chi connectivity index (χ2v) is 12.1. The number of rotatable bonds is 0. The van der Waals surface area contributed by atoms with Gasteiger partial charge in [0.15, 0.2) is 5.78 Å². The van der Waals surface area contributed by atoms with Gasteiger partial charge in [0.1, 0.15) is 0 Å². The van der Waals surface area contributed by atoms with Crippen LogP contribution < -0.4 is 5.32 Å². The number of piperidine rings is 1. The molecule has 2 aliphatic heterocycles. The molecule has 2 heterocycles. The molecule has 2 saturated carbocycles. The molecule has 31 heavy (non-hydrogen) atoms. The van der Waals surface area contributed by atoms with E-state index in [1.807, 2.05) is 0 Å². The van der Waals surface area contributed by atoms with Crippen molar-refractivity contribution < 1.29 is 14.6 Å². The highest BCUT2D eigenvalue weighted by Crippen LogP contribution is 2.63. The normalized spacial score (nSPS) is 53.7. The Morgan fingerprint density at radius 1 is 1.23 bits per heavy atom. The van der Waals surface area contributed by atoms with E-state index in [9.17, 15) is 9.90 Å². The Bertz CT molecular complexity index is 876. The van der Waals surface area contributed by atoms with E-state index in [1.165, 1.54) is 11.1 Å². The Morgan fingerprint density at radius 3 is 2.84 bits per heavy atom. The van der Waals surface area contributed by atoms with Crippen molar-refractivity contribution in [2.24, 2.45) is 35.0 Å². The molecule has 0 aromatic carbocycles. The lowest BCUT2D eigenvalue weighted by Crippen LogP contribution is -2.49. The first-order valence-electron chi connectivity index (χ1n) is 12.8. The second-order valence-electron chi connectivity index (χ2n) is 12.1. The van der Waals surface area contributed by atoms with Gasteiger partial charge in [-0.05, 0) is 87.2 Å². The van der Waals surface area contributed by atoms with Crippen molar-refractivity contribution in [1.29, 1.82) is 0 Å². The predicted octanol–water partition coefficient (Wildman–Crippen LogP) is 4.18. The lowest BCUT2D eigenvalue weighted by molar-refractivity contribution is -0.123. The molecule has 0 amide bonds. The molecular weight excluding hydrogens is 386 g/mol. The molecule has 4 nitrogen and oxygen atoms in total. The van der Waals surface area contributed by atoms with Gasteiger partial charge in [-0.25, -0.2) is 0 Å². The summed E-state index contributed by atoms with van der Waals surface area (Å²) in [5.74, 6) is 2.41. The number of fused-ring (bicyclic) bond motifs is 6. The maximum absolute atomic E-state index is 14.1. The van der Waals surface area contributed by atoms with Gasteiger partial charge < -0.3 is 15.2 Å². The van der Waals surface area contributed by atoms with Gasteiger partial charge in [0.05, 0.1) is 17.8 Å². The molecule has 0 unspecified atom stereocenters. The summed E-state index contributed by atoms with van der Waals surface area (Å²) in [6, 6.07) is 0.410. The van der Waals surface area contributed by atoms with Crippen molar-refractivity contribution in [2.45, 2.75) is 96.5 Å². The first-order valence-corrected chi connectivity index (χ1v) is 12.8. The van der Waals surface area contributed by atoms with Crippen LogP contribution in [0, 0.1) is 35.0 Å². The van der Waals surface area contributed by atoms with Crippen molar-refractivity contribution >= 4 is 5.78 Å². The van der Waals surface area contributed by atoms with E-state index in [4.69, 9.17) is 4.74 Å². The lowest BCUT2D eigenvalue weighted by atomic mass is 9.56. The van der Waals surface area contributed by atoms with Crippen LogP contribution in [0.5, 0.6) is 0 Å². The largest absolute Gasteiger partial charge is 0.393 e. The number of ether oxygens (including phenoxy) is 1. The first kappa shape index (κ1) is 20.6. The summed E-state index contributed by atoms with van der Waals surface area (Å²) < 4.78 is 6.93. The summed E-state index contributed by atoms with van der Waals surface area (Å²) in [6.07, 6.45) is 9.23. The highest BCUT2D eigenvalue weighted by Gasteiger charge is 2.63. The standard InChI is InChI=1S/C27H39NO3/c1-14-11-21-24(28-13-14)16(3)27(31-21)10-8-19-20-6-5-17-12-18(29)7-9-26(17,4)23(20)25(30)22(19)15(27)2/h5,14,16,18-21,23-24,28-29H,6-13H2,1-4H3/t14-,16-,18+,19-,20-,21+,23+,24-,26-,27+/m0/s1. The summed E-state index contributed by atoms with van der Waals surface area (Å²) in [5.41, 5.74) is 3.43. The maximum atomic E-state index is 14.1. The third-order valence-electron chi connectivity index (χ3n) is 10.6. The van der Waals surface area contributed by atoms with Crippen molar-refractivity contribution in [3.8, 4) is 0 Å². The number of Topliss-reactive ketones (excluding diaryl/α,β-unsaturated/α-hetero) is 1. The zero-order chi connectivity index (χ0) is 21.7. The summed E-state index contributed by atoms with van der Waals surface area (Å²) >= 11 is 0. The fourth-order valence-electron chi connectivity index (χ4n) is 8.93. The van der Waals surface area contributed by atoms with E-state index in [2.05, 4.69) is 39.1 Å². The minimum atomic E-state index is -0.263. The van der Waals surface area contributed by atoms with Gasteiger partial charge >= 0.3 is 0 Å². The van der Waals surface area contributed by atoms with E-state index in [0.717, 1.165) is 57.1 Å². The molecule has 1 spiro atoms. The van der Waals surface area contributed by atoms with E-state index < -0.39 is 0 Å². The molecule has 170 valence electrons. The fourth-order valence-corrected chi connectivity index (χ4v) is 8.93. The zero-order valence-electron chi connectivity index (χ0n) is 19.6. The van der Waals surface area contributed by atoms with Crippen molar-refractivity contribution in [3.05, 3.63) is 22.8 Å². The third-order valence-corrected chi connectivity index (χ3v) is 10.6. The monoisotopic (exact) mass is 425 g/mol. The van der Waals surface area contributed by atoms with Gasteiger partial charge in [0, 0.05) is 23.5 Å². The summed E-state index contributed by atoms with van der Waals surface area (Å²) in [6.45, 7) is 10.3. The van der Waals surface area contributed by atoms with Crippen LogP contribution in [-0.4, -0.2) is 41.3 Å². The Morgan fingerprint density at radius 2 is 2.03 bits per heavy atom. The quantitative estimate of drug-likeness (QED) is 0.572. The molecule has 6 aliphatic rings. The van der Waals surface area contributed by atoms with Crippen LogP contribution in [0.1, 0.15) is 72.6 Å².